The lowest BCUT2D eigenvalue weighted by molar-refractivity contribution is -0.923. The molecule has 1 aliphatic rings. The van der Waals surface area contributed by atoms with Gasteiger partial charge in [-0.25, -0.2) is 0 Å². The van der Waals surface area contributed by atoms with Gasteiger partial charge in [0.25, 0.3) is 4.84 Å². The van der Waals surface area contributed by atoms with Crippen molar-refractivity contribution < 1.29 is 14.1 Å². The molecule has 0 saturated carbocycles. The van der Waals surface area contributed by atoms with Gasteiger partial charge in [0.1, 0.15) is 5.75 Å². The molecule has 2 heterocycles. The van der Waals surface area contributed by atoms with Crippen LogP contribution in [0.1, 0.15) is 0 Å². The van der Waals surface area contributed by atoms with Crippen molar-refractivity contribution in [3.63, 3.8) is 0 Å². The molecule has 0 unspecified atom stereocenters. The summed E-state index contributed by atoms with van der Waals surface area (Å²) in [6.07, 6.45) is 0. The number of nitrogens with zero attached hydrogens (tertiary/aromatic N) is 2. The molecule has 0 amide bonds. The molecule has 3 aromatic rings. The Morgan fingerprint density at radius 1 is 1.08 bits per heavy atom. The molecule has 0 radical (unpaired) electrons. The van der Waals surface area contributed by atoms with E-state index in [2.05, 4.69) is 27.7 Å². The highest BCUT2D eigenvalue weighted by atomic mass is 32.1. The largest absolute Gasteiger partial charge is 0.497 e. The number of hydrogen-bond acceptors (Lipinski definition) is 4. The van der Waals surface area contributed by atoms with Crippen LogP contribution in [0, 0.1) is 4.84 Å². The van der Waals surface area contributed by atoms with Gasteiger partial charge < -0.3 is 19.0 Å². The minimum Gasteiger partial charge on any atom is -0.497 e. The number of para-hydroxylation sites is 2. The van der Waals surface area contributed by atoms with Crippen molar-refractivity contribution in [1.82, 2.24) is 4.57 Å². The molecule has 4 rings (SSSR count). The Labute approximate surface area is 152 Å². The molecular formula is C19H22N3O2S+. The molecule has 0 atom stereocenters. The van der Waals surface area contributed by atoms with E-state index in [9.17, 15) is 0 Å². The van der Waals surface area contributed by atoms with E-state index in [1.54, 1.807) is 7.11 Å². The Bertz CT molecular complexity index is 908. The van der Waals surface area contributed by atoms with E-state index in [0.29, 0.717) is 4.84 Å². The van der Waals surface area contributed by atoms with Crippen LogP contribution in [-0.2, 0) is 6.67 Å². The summed E-state index contributed by atoms with van der Waals surface area (Å²) in [7, 11) is 1.70. The fourth-order valence-corrected chi connectivity index (χ4v) is 3.67. The number of hydrogen-bond donors (Lipinski definition) is 1. The minimum atomic E-state index is 0.561. The number of piperazine rings is 1. The van der Waals surface area contributed by atoms with Crippen molar-refractivity contribution >= 4 is 29.0 Å². The zero-order valence-electron chi connectivity index (χ0n) is 14.3. The summed E-state index contributed by atoms with van der Waals surface area (Å²) in [4.78, 5) is 4.51. The van der Waals surface area contributed by atoms with Crippen LogP contribution < -0.4 is 14.5 Å². The number of benzene rings is 2. The van der Waals surface area contributed by atoms with Crippen LogP contribution in [0.3, 0.4) is 0 Å². The fraction of sp³-hybridized carbons (Fsp3) is 0.316. The second-order valence-electron chi connectivity index (χ2n) is 6.36. The molecule has 0 spiro atoms. The summed E-state index contributed by atoms with van der Waals surface area (Å²) in [5.74, 6) is 0.897. The molecule has 2 aromatic carbocycles. The van der Waals surface area contributed by atoms with Crippen molar-refractivity contribution in [2.45, 2.75) is 6.67 Å². The van der Waals surface area contributed by atoms with Crippen LogP contribution in [0.2, 0.25) is 0 Å². The van der Waals surface area contributed by atoms with E-state index in [1.807, 2.05) is 30.3 Å². The molecule has 0 bridgehead atoms. The van der Waals surface area contributed by atoms with E-state index in [4.69, 9.17) is 21.4 Å². The van der Waals surface area contributed by atoms with Crippen LogP contribution in [0.15, 0.2) is 52.9 Å². The molecule has 130 valence electrons. The molecule has 25 heavy (non-hydrogen) atoms. The van der Waals surface area contributed by atoms with Crippen molar-refractivity contribution in [2.75, 3.05) is 38.2 Å². The Balaban J connectivity index is 1.43. The number of fused-ring (bicyclic) bond motifs is 1. The molecule has 1 saturated heterocycles. The van der Waals surface area contributed by atoms with Gasteiger partial charge in [-0.15, -0.1) is 0 Å². The average Bonchev–Trinajstić information content (AvgIpc) is 2.98. The zero-order chi connectivity index (χ0) is 17.2. The number of quaternary nitrogens is 1. The third kappa shape index (κ3) is 3.27. The van der Waals surface area contributed by atoms with Crippen molar-refractivity contribution in [3.05, 3.63) is 53.4 Å². The lowest BCUT2D eigenvalue weighted by Crippen LogP contribution is -3.14. The van der Waals surface area contributed by atoms with Crippen molar-refractivity contribution in [2.24, 2.45) is 0 Å². The van der Waals surface area contributed by atoms with Gasteiger partial charge in [-0.1, -0.05) is 12.1 Å². The summed E-state index contributed by atoms with van der Waals surface area (Å²) in [5.41, 5.74) is 3.20. The first-order chi connectivity index (χ1) is 12.2. The van der Waals surface area contributed by atoms with E-state index in [-0.39, 0.29) is 0 Å². The molecule has 0 aliphatic carbocycles. The van der Waals surface area contributed by atoms with Crippen LogP contribution in [0.25, 0.3) is 11.1 Å². The van der Waals surface area contributed by atoms with E-state index in [0.717, 1.165) is 49.7 Å². The van der Waals surface area contributed by atoms with Gasteiger partial charge in [0.2, 0.25) is 0 Å². The van der Waals surface area contributed by atoms with Crippen molar-refractivity contribution in [3.8, 4) is 5.75 Å². The van der Waals surface area contributed by atoms with E-state index in [1.165, 1.54) is 10.6 Å². The second-order valence-corrected chi connectivity index (χ2v) is 6.71. The average molecular weight is 356 g/mol. The molecule has 6 heteroatoms. The fourth-order valence-electron chi connectivity index (χ4n) is 3.42. The summed E-state index contributed by atoms with van der Waals surface area (Å²) < 4.78 is 13.0. The summed E-state index contributed by atoms with van der Waals surface area (Å²) in [6, 6.07) is 16.3. The Hall–Kier alpha value is -2.31. The topological polar surface area (TPSA) is 35.0 Å². The standard InChI is InChI=1S/C19H21N3O2S/c1-23-16-8-6-15(7-9-16)21-12-10-20(11-13-21)14-22-17-4-2-3-5-18(17)24-19(22)25/h2-9H,10-14H2,1H3/p+1. The number of anilines is 1. The Kier molecular flexibility index (Phi) is 4.46. The first-order valence-electron chi connectivity index (χ1n) is 8.55. The van der Waals surface area contributed by atoms with Gasteiger partial charge in [0, 0.05) is 5.69 Å². The summed E-state index contributed by atoms with van der Waals surface area (Å²) in [5, 5.41) is 0. The molecule has 1 N–H and O–H groups in total. The molecule has 5 nitrogen and oxygen atoms in total. The van der Waals surface area contributed by atoms with Gasteiger partial charge in [-0.2, -0.15) is 0 Å². The van der Waals surface area contributed by atoms with Gasteiger partial charge in [-0.05, 0) is 48.6 Å². The van der Waals surface area contributed by atoms with Crippen LogP contribution in [0.4, 0.5) is 5.69 Å². The molecule has 1 aliphatic heterocycles. The van der Waals surface area contributed by atoms with Gasteiger partial charge in [0.15, 0.2) is 12.3 Å². The number of aromatic nitrogens is 1. The smallest absolute Gasteiger partial charge is 0.274 e. The highest BCUT2D eigenvalue weighted by Crippen LogP contribution is 2.19. The highest BCUT2D eigenvalue weighted by molar-refractivity contribution is 7.71. The quantitative estimate of drug-likeness (QED) is 0.728. The molecule has 1 aromatic heterocycles. The predicted octanol–water partition coefficient (Wildman–Crippen LogP) is 2.33. The summed E-state index contributed by atoms with van der Waals surface area (Å²) >= 11 is 5.41. The maximum absolute atomic E-state index is 5.70. The first-order valence-corrected chi connectivity index (χ1v) is 8.96. The SMILES string of the molecule is COc1ccc(N2CC[NH+](Cn3c(=S)oc4ccccc43)CC2)cc1. The Morgan fingerprint density at radius 3 is 2.52 bits per heavy atom. The lowest BCUT2D eigenvalue weighted by Gasteiger charge is -2.33. The molecular weight excluding hydrogens is 334 g/mol. The van der Waals surface area contributed by atoms with Gasteiger partial charge >= 0.3 is 0 Å². The predicted molar refractivity (Wildman–Crippen MR) is 101 cm³/mol. The zero-order valence-corrected chi connectivity index (χ0v) is 15.1. The number of nitrogens with one attached hydrogen (secondary N) is 1. The second kappa shape index (κ2) is 6.90. The van der Waals surface area contributed by atoms with Crippen LogP contribution >= 0.6 is 12.2 Å². The van der Waals surface area contributed by atoms with Crippen LogP contribution in [-0.4, -0.2) is 37.9 Å². The van der Waals surface area contributed by atoms with E-state index >= 15 is 0 Å². The normalized spacial score (nSPS) is 15.6. The molecule has 1 fully saturated rings. The lowest BCUT2D eigenvalue weighted by atomic mass is 10.2. The number of methoxy groups -OCH3 is 1. The minimum absolute atomic E-state index is 0.561. The van der Waals surface area contributed by atoms with Gasteiger partial charge in [0.05, 0.1) is 38.8 Å². The highest BCUT2D eigenvalue weighted by Gasteiger charge is 2.21. The van der Waals surface area contributed by atoms with Crippen LogP contribution in [0.5, 0.6) is 5.75 Å². The van der Waals surface area contributed by atoms with Crippen molar-refractivity contribution in [1.29, 1.82) is 0 Å². The van der Waals surface area contributed by atoms with Gasteiger partial charge in [-0.3, -0.25) is 4.57 Å². The van der Waals surface area contributed by atoms with E-state index < -0.39 is 0 Å². The Morgan fingerprint density at radius 2 is 1.80 bits per heavy atom. The maximum Gasteiger partial charge on any atom is 0.274 e. The number of oxazole rings is 1. The maximum atomic E-state index is 5.70. The third-order valence-electron chi connectivity index (χ3n) is 4.86. The number of ether oxygens (including phenoxy) is 1. The monoisotopic (exact) mass is 356 g/mol. The number of rotatable bonds is 4. The summed E-state index contributed by atoms with van der Waals surface area (Å²) in [6.45, 7) is 5.07. The first kappa shape index (κ1) is 16.2. The third-order valence-corrected chi connectivity index (χ3v) is 5.17.